The summed E-state index contributed by atoms with van der Waals surface area (Å²) in [5, 5.41) is 0. The summed E-state index contributed by atoms with van der Waals surface area (Å²) >= 11 is 0. The number of hydrogen-bond donors (Lipinski definition) is 0. The molecule has 1 amide bonds. The quantitative estimate of drug-likeness (QED) is 0.641. The summed E-state index contributed by atoms with van der Waals surface area (Å²) in [6.45, 7) is 3.53. The van der Waals surface area contributed by atoms with Crippen LogP contribution in [0.5, 0.6) is 0 Å². The molecule has 0 spiro atoms. The summed E-state index contributed by atoms with van der Waals surface area (Å²) in [7, 11) is 0. The maximum atomic E-state index is 12.6. The van der Waals surface area contributed by atoms with E-state index in [1.165, 1.54) is 11.1 Å². The predicted octanol–water partition coefficient (Wildman–Crippen LogP) is 4.80. The number of carbonyl (C=O) groups excluding carboxylic acids is 1. The average Bonchev–Trinajstić information content (AvgIpc) is 2.56. The Balaban J connectivity index is 2.04. The van der Waals surface area contributed by atoms with E-state index in [4.69, 9.17) is 0 Å². The highest BCUT2D eigenvalue weighted by molar-refractivity contribution is 5.76. The SMILES string of the molecule is CCCCCC(=O)N(Cc1ccccc1)Cc1ccccc1. The van der Waals surface area contributed by atoms with Gasteiger partial charge >= 0.3 is 0 Å². The molecule has 2 heteroatoms. The predicted molar refractivity (Wildman–Crippen MR) is 91.3 cm³/mol. The summed E-state index contributed by atoms with van der Waals surface area (Å²) in [4.78, 5) is 14.5. The van der Waals surface area contributed by atoms with E-state index in [1.54, 1.807) is 0 Å². The fourth-order valence-electron chi connectivity index (χ4n) is 2.52. The van der Waals surface area contributed by atoms with Gasteiger partial charge in [-0.2, -0.15) is 0 Å². The van der Waals surface area contributed by atoms with Crippen LogP contribution in [-0.2, 0) is 17.9 Å². The molecule has 2 aromatic carbocycles. The molecule has 0 unspecified atom stereocenters. The summed E-state index contributed by atoms with van der Waals surface area (Å²) in [5.41, 5.74) is 2.37. The van der Waals surface area contributed by atoms with E-state index in [2.05, 4.69) is 31.2 Å². The minimum Gasteiger partial charge on any atom is -0.334 e. The Labute approximate surface area is 133 Å². The molecule has 0 aliphatic heterocycles. The number of amides is 1. The Hall–Kier alpha value is -2.09. The van der Waals surface area contributed by atoms with E-state index in [-0.39, 0.29) is 5.91 Å². The first kappa shape index (κ1) is 16.3. The zero-order chi connectivity index (χ0) is 15.6. The molecule has 0 aromatic heterocycles. The average molecular weight is 295 g/mol. The van der Waals surface area contributed by atoms with Crippen LogP contribution in [0.4, 0.5) is 0 Å². The number of nitrogens with zero attached hydrogens (tertiary/aromatic N) is 1. The molecule has 0 saturated heterocycles. The van der Waals surface area contributed by atoms with Gasteiger partial charge in [-0.25, -0.2) is 0 Å². The third kappa shape index (κ3) is 5.36. The lowest BCUT2D eigenvalue weighted by atomic mass is 10.1. The molecular weight excluding hydrogens is 270 g/mol. The van der Waals surface area contributed by atoms with E-state index >= 15 is 0 Å². The van der Waals surface area contributed by atoms with E-state index in [1.807, 2.05) is 41.3 Å². The zero-order valence-electron chi connectivity index (χ0n) is 13.4. The lowest BCUT2D eigenvalue weighted by molar-refractivity contribution is -0.132. The standard InChI is InChI=1S/C20H25NO/c1-2-3-6-15-20(22)21(16-18-11-7-4-8-12-18)17-19-13-9-5-10-14-19/h4-5,7-14H,2-3,6,15-17H2,1H3. The fraction of sp³-hybridized carbons (Fsp3) is 0.350. The highest BCUT2D eigenvalue weighted by Crippen LogP contribution is 2.13. The number of rotatable bonds is 8. The summed E-state index contributed by atoms with van der Waals surface area (Å²) in [6, 6.07) is 20.4. The number of unbranched alkanes of at least 4 members (excludes halogenated alkanes) is 2. The van der Waals surface area contributed by atoms with E-state index in [9.17, 15) is 4.79 Å². The third-order valence-electron chi connectivity index (χ3n) is 3.78. The maximum absolute atomic E-state index is 12.6. The van der Waals surface area contributed by atoms with Gasteiger partial charge < -0.3 is 4.90 Å². The Morgan fingerprint density at radius 1 is 0.818 bits per heavy atom. The first-order valence-electron chi connectivity index (χ1n) is 8.15. The van der Waals surface area contributed by atoms with Crippen LogP contribution in [0.15, 0.2) is 60.7 Å². The highest BCUT2D eigenvalue weighted by atomic mass is 16.2. The minimum atomic E-state index is 0.251. The summed E-state index contributed by atoms with van der Waals surface area (Å²) < 4.78 is 0. The first-order valence-corrected chi connectivity index (χ1v) is 8.15. The van der Waals surface area contributed by atoms with Crippen molar-refractivity contribution in [1.29, 1.82) is 0 Å². The van der Waals surface area contributed by atoms with Crippen molar-refractivity contribution in [2.75, 3.05) is 0 Å². The van der Waals surface area contributed by atoms with Gasteiger partial charge in [-0.05, 0) is 17.5 Å². The van der Waals surface area contributed by atoms with Crippen LogP contribution in [0, 0.1) is 0 Å². The second-order valence-electron chi connectivity index (χ2n) is 5.68. The highest BCUT2D eigenvalue weighted by Gasteiger charge is 2.14. The van der Waals surface area contributed by atoms with Gasteiger partial charge in [0.05, 0.1) is 0 Å². The molecule has 2 nitrogen and oxygen atoms in total. The Bertz CT molecular complexity index is 509. The van der Waals surface area contributed by atoms with Crippen LogP contribution >= 0.6 is 0 Å². The number of benzene rings is 2. The van der Waals surface area contributed by atoms with Crippen molar-refractivity contribution in [2.24, 2.45) is 0 Å². The molecule has 22 heavy (non-hydrogen) atoms. The molecule has 0 bridgehead atoms. The van der Waals surface area contributed by atoms with Crippen molar-refractivity contribution in [3.8, 4) is 0 Å². The summed E-state index contributed by atoms with van der Waals surface area (Å²) in [6.07, 6.45) is 3.89. The van der Waals surface area contributed by atoms with Gasteiger partial charge in [0, 0.05) is 19.5 Å². The lowest BCUT2D eigenvalue weighted by Crippen LogP contribution is -2.29. The molecule has 0 heterocycles. The number of hydrogen-bond acceptors (Lipinski definition) is 1. The zero-order valence-corrected chi connectivity index (χ0v) is 13.4. The second-order valence-corrected chi connectivity index (χ2v) is 5.68. The van der Waals surface area contributed by atoms with Crippen molar-refractivity contribution in [3.63, 3.8) is 0 Å². The van der Waals surface area contributed by atoms with Gasteiger partial charge in [-0.3, -0.25) is 4.79 Å². The molecule has 0 saturated carbocycles. The van der Waals surface area contributed by atoms with Crippen LogP contribution in [-0.4, -0.2) is 10.8 Å². The first-order chi connectivity index (χ1) is 10.8. The van der Waals surface area contributed by atoms with Crippen molar-refractivity contribution in [2.45, 2.75) is 45.7 Å². The van der Waals surface area contributed by atoms with E-state index in [0.29, 0.717) is 19.5 Å². The van der Waals surface area contributed by atoms with Crippen LogP contribution in [0.1, 0.15) is 43.7 Å². The van der Waals surface area contributed by atoms with Gasteiger partial charge in [0.2, 0.25) is 5.91 Å². The molecule has 0 radical (unpaired) electrons. The number of carbonyl (C=O) groups is 1. The molecule has 2 aromatic rings. The van der Waals surface area contributed by atoms with Gasteiger partial charge in [0.25, 0.3) is 0 Å². The maximum Gasteiger partial charge on any atom is 0.223 e. The second kappa shape index (κ2) is 9.04. The third-order valence-corrected chi connectivity index (χ3v) is 3.78. The van der Waals surface area contributed by atoms with Crippen molar-refractivity contribution < 1.29 is 4.79 Å². The van der Waals surface area contributed by atoms with Crippen LogP contribution in [0.3, 0.4) is 0 Å². The molecule has 0 aliphatic carbocycles. The minimum absolute atomic E-state index is 0.251. The smallest absolute Gasteiger partial charge is 0.223 e. The monoisotopic (exact) mass is 295 g/mol. The van der Waals surface area contributed by atoms with E-state index < -0.39 is 0 Å². The fourth-order valence-corrected chi connectivity index (χ4v) is 2.52. The van der Waals surface area contributed by atoms with Gasteiger partial charge in [0.1, 0.15) is 0 Å². The lowest BCUT2D eigenvalue weighted by Gasteiger charge is -2.23. The van der Waals surface area contributed by atoms with Crippen molar-refractivity contribution in [1.82, 2.24) is 4.90 Å². The molecule has 0 aliphatic rings. The molecule has 0 atom stereocenters. The molecular formula is C20H25NO. The van der Waals surface area contributed by atoms with E-state index in [0.717, 1.165) is 19.3 Å². The van der Waals surface area contributed by atoms with Gasteiger partial charge in [-0.15, -0.1) is 0 Å². The molecule has 2 rings (SSSR count). The van der Waals surface area contributed by atoms with Crippen LogP contribution in [0.25, 0.3) is 0 Å². The largest absolute Gasteiger partial charge is 0.334 e. The Kier molecular flexibility index (Phi) is 6.69. The van der Waals surface area contributed by atoms with Gasteiger partial charge in [-0.1, -0.05) is 80.4 Å². The normalized spacial score (nSPS) is 10.4. The van der Waals surface area contributed by atoms with Crippen LogP contribution in [0.2, 0.25) is 0 Å². The Morgan fingerprint density at radius 2 is 1.32 bits per heavy atom. The molecule has 0 fully saturated rings. The van der Waals surface area contributed by atoms with Crippen LogP contribution < -0.4 is 0 Å². The topological polar surface area (TPSA) is 20.3 Å². The Morgan fingerprint density at radius 3 is 1.77 bits per heavy atom. The van der Waals surface area contributed by atoms with Gasteiger partial charge in [0.15, 0.2) is 0 Å². The molecule has 0 N–H and O–H groups in total. The summed E-state index contributed by atoms with van der Waals surface area (Å²) in [5.74, 6) is 0.251. The van der Waals surface area contributed by atoms with Crippen molar-refractivity contribution in [3.05, 3.63) is 71.8 Å². The van der Waals surface area contributed by atoms with Crippen molar-refractivity contribution >= 4 is 5.91 Å². The molecule has 116 valence electrons.